The number of carboxylic acid groups (broad SMARTS) is 1. The van der Waals surface area contributed by atoms with E-state index in [2.05, 4.69) is 15.2 Å². The van der Waals surface area contributed by atoms with E-state index >= 15 is 0 Å². The summed E-state index contributed by atoms with van der Waals surface area (Å²) in [5.74, 6) is -1.43. The van der Waals surface area contributed by atoms with E-state index in [1.165, 1.54) is 17.2 Å². The molecular formula is C17H16Cl2FN5O3. The summed E-state index contributed by atoms with van der Waals surface area (Å²) in [7, 11) is 0. The Morgan fingerprint density at radius 3 is 2.68 bits per heavy atom. The largest absolute Gasteiger partial charge is 0.481 e. The molecule has 2 aromatic heterocycles. The lowest BCUT2D eigenvalue weighted by atomic mass is 10.1. The molecule has 0 aliphatic carbocycles. The van der Waals surface area contributed by atoms with Gasteiger partial charge in [0, 0.05) is 18.7 Å². The normalized spacial score (nSPS) is 11.5. The van der Waals surface area contributed by atoms with E-state index < -0.39 is 17.8 Å². The van der Waals surface area contributed by atoms with E-state index in [0.717, 1.165) is 6.07 Å². The lowest BCUT2D eigenvalue weighted by molar-refractivity contribution is -0.137. The van der Waals surface area contributed by atoms with Crippen LogP contribution in [0.25, 0.3) is 5.69 Å². The second kappa shape index (κ2) is 9.45. The Morgan fingerprint density at radius 2 is 2.04 bits per heavy atom. The first-order valence-corrected chi connectivity index (χ1v) is 8.26. The molecule has 0 fully saturated rings. The smallest absolute Gasteiger partial charge is 0.304 e. The van der Waals surface area contributed by atoms with Gasteiger partial charge in [0.2, 0.25) is 0 Å². The third-order valence-electron chi connectivity index (χ3n) is 3.50. The van der Waals surface area contributed by atoms with E-state index in [1.807, 2.05) is 0 Å². The first kappa shape index (κ1) is 21.5. The molecule has 0 spiro atoms. The number of hydrogen-bond acceptors (Lipinski definition) is 6. The predicted molar refractivity (Wildman–Crippen MR) is 102 cm³/mol. The van der Waals surface area contributed by atoms with Gasteiger partial charge in [0.05, 0.1) is 29.0 Å². The molecule has 1 atom stereocenters. The zero-order valence-corrected chi connectivity index (χ0v) is 15.9. The topological polar surface area (TPSA) is 116 Å². The molecule has 0 bridgehead atoms. The number of hydrogen-bond donors (Lipinski definition) is 2. The minimum Gasteiger partial charge on any atom is -0.481 e. The number of nitrogens with two attached hydrogens (primary N) is 1. The molecule has 0 saturated heterocycles. The second-order valence-corrected chi connectivity index (χ2v) is 6.16. The summed E-state index contributed by atoms with van der Waals surface area (Å²) in [6.07, 6.45) is 2.97. The lowest BCUT2D eigenvalue weighted by Crippen LogP contribution is -2.26. The molecule has 0 saturated carbocycles. The van der Waals surface area contributed by atoms with E-state index in [9.17, 15) is 9.18 Å². The first-order chi connectivity index (χ1) is 12.9. The number of aromatic nitrogens is 4. The van der Waals surface area contributed by atoms with Gasteiger partial charge in [0.15, 0.2) is 5.82 Å². The Balaban J connectivity index is 0.00000280. The van der Waals surface area contributed by atoms with Gasteiger partial charge < -0.3 is 15.6 Å². The Hall–Kier alpha value is -2.75. The highest BCUT2D eigenvalue weighted by Crippen LogP contribution is 2.24. The van der Waals surface area contributed by atoms with E-state index in [-0.39, 0.29) is 29.7 Å². The molecule has 28 heavy (non-hydrogen) atoms. The summed E-state index contributed by atoms with van der Waals surface area (Å²) in [6.45, 7) is 0. The van der Waals surface area contributed by atoms with Crippen LogP contribution in [0.3, 0.4) is 0 Å². The van der Waals surface area contributed by atoms with Gasteiger partial charge in [0.1, 0.15) is 5.75 Å². The molecule has 3 aromatic rings. The van der Waals surface area contributed by atoms with E-state index in [4.69, 9.17) is 27.2 Å². The lowest BCUT2D eigenvalue weighted by Gasteiger charge is -2.07. The first-order valence-electron chi connectivity index (χ1n) is 7.88. The van der Waals surface area contributed by atoms with Crippen molar-refractivity contribution in [1.82, 2.24) is 20.0 Å². The fraction of sp³-hybridized carbons (Fsp3) is 0.176. The molecule has 3 N–H and O–H groups in total. The molecule has 0 unspecified atom stereocenters. The molecular weight excluding hydrogens is 412 g/mol. The van der Waals surface area contributed by atoms with Crippen LogP contribution >= 0.6 is 24.0 Å². The minimum absolute atomic E-state index is 0. The van der Waals surface area contributed by atoms with Gasteiger partial charge >= 0.3 is 5.97 Å². The van der Waals surface area contributed by atoms with Crippen molar-refractivity contribution in [2.45, 2.75) is 18.9 Å². The van der Waals surface area contributed by atoms with Crippen molar-refractivity contribution in [2.24, 2.45) is 5.73 Å². The summed E-state index contributed by atoms with van der Waals surface area (Å²) >= 11 is 5.66. The van der Waals surface area contributed by atoms with Crippen LogP contribution in [0.15, 0.2) is 42.7 Å². The monoisotopic (exact) mass is 427 g/mol. The van der Waals surface area contributed by atoms with Crippen LogP contribution < -0.4 is 10.5 Å². The van der Waals surface area contributed by atoms with Gasteiger partial charge in [-0.3, -0.25) is 4.79 Å². The number of rotatable bonds is 7. The Kier molecular flexibility index (Phi) is 7.27. The predicted octanol–water partition coefficient (Wildman–Crippen LogP) is 3.01. The molecule has 0 aliphatic rings. The average Bonchev–Trinajstić information content (AvgIpc) is 3.05. The van der Waals surface area contributed by atoms with Crippen LogP contribution in [-0.2, 0) is 11.2 Å². The highest BCUT2D eigenvalue weighted by molar-refractivity contribution is 6.30. The zero-order valence-electron chi connectivity index (χ0n) is 14.3. The number of halogens is 3. The van der Waals surface area contributed by atoms with Crippen LogP contribution in [0.1, 0.15) is 12.1 Å². The van der Waals surface area contributed by atoms with Crippen molar-refractivity contribution < 1.29 is 19.0 Å². The van der Waals surface area contributed by atoms with Crippen molar-refractivity contribution in [3.8, 4) is 17.3 Å². The highest BCUT2D eigenvalue weighted by Gasteiger charge is 2.12. The molecule has 0 radical (unpaired) electrons. The van der Waals surface area contributed by atoms with Crippen LogP contribution in [0.4, 0.5) is 4.39 Å². The van der Waals surface area contributed by atoms with E-state index in [0.29, 0.717) is 23.6 Å². The van der Waals surface area contributed by atoms with Gasteiger partial charge in [-0.25, -0.2) is 9.37 Å². The summed E-state index contributed by atoms with van der Waals surface area (Å²) in [6, 6.07) is 7.18. The van der Waals surface area contributed by atoms with Gasteiger partial charge in [0.25, 0.3) is 5.88 Å². The Morgan fingerprint density at radius 1 is 1.32 bits per heavy atom. The van der Waals surface area contributed by atoms with Crippen LogP contribution in [0.2, 0.25) is 5.02 Å². The molecule has 3 rings (SSSR count). The number of pyridine rings is 1. The Bertz CT molecular complexity index is 952. The van der Waals surface area contributed by atoms with Gasteiger partial charge in [-0.15, -0.1) is 12.4 Å². The number of nitrogens with zero attached hydrogens (tertiary/aromatic N) is 4. The second-order valence-electron chi connectivity index (χ2n) is 5.72. The fourth-order valence-electron chi connectivity index (χ4n) is 2.31. The SMILES string of the molecule is Cl.N[C@@H](CC(=O)O)Cc1cnn(-c2ccc(Oc3ncc(Cl)cc3F)cc2)n1. The fourth-order valence-corrected chi connectivity index (χ4v) is 2.46. The summed E-state index contributed by atoms with van der Waals surface area (Å²) < 4.78 is 19.1. The molecule has 0 amide bonds. The highest BCUT2D eigenvalue weighted by atomic mass is 35.5. The minimum atomic E-state index is -0.961. The third kappa shape index (κ3) is 5.62. The summed E-state index contributed by atoms with van der Waals surface area (Å²) in [5.41, 5.74) is 6.97. The van der Waals surface area contributed by atoms with Crippen LogP contribution in [0, 0.1) is 5.82 Å². The maximum absolute atomic E-state index is 13.7. The quantitative estimate of drug-likeness (QED) is 0.594. The van der Waals surface area contributed by atoms with Crippen molar-refractivity contribution in [1.29, 1.82) is 0 Å². The average molecular weight is 428 g/mol. The van der Waals surface area contributed by atoms with Crippen LogP contribution in [0.5, 0.6) is 11.6 Å². The van der Waals surface area contributed by atoms with Gasteiger partial charge in [-0.05, 0) is 30.3 Å². The number of aliphatic carboxylic acids is 1. The molecule has 8 nitrogen and oxygen atoms in total. The van der Waals surface area contributed by atoms with Crippen LogP contribution in [-0.4, -0.2) is 37.1 Å². The van der Waals surface area contributed by atoms with Gasteiger partial charge in [-0.2, -0.15) is 15.0 Å². The third-order valence-corrected chi connectivity index (χ3v) is 3.71. The standard InChI is InChI=1S/C17H15ClFN5O3.ClH/c18-10-5-15(19)17(21-8-10)27-14-3-1-13(2-4-14)24-22-9-12(23-24)6-11(20)7-16(25)26;/h1-5,8-9,11H,6-7,20H2,(H,25,26);1H/t11-;/m1./s1. The van der Waals surface area contributed by atoms with E-state index in [1.54, 1.807) is 24.3 Å². The van der Waals surface area contributed by atoms with Crippen molar-refractivity contribution in [2.75, 3.05) is 0 Å². The zero-order chi connectivity index (χ0) is 19.4. The molecule has 0 aliphatic heterocycles. The molecule has 11 heteroatoms. The Labute approximate surface area is 170 Å². The summed E-state index contributed by atoms with van der Waals surface area (Å²) in [5, 5.41) is 17.3. The number of benzene rings is 1. The number of carbonyl (C=O) groups is 1. The number of carboxylic acids is 1. The maximum Gasteiger partial charge on any atom is 0.304 e. The maximum atomic E-state index is 13.7. The van der Waals surface area contributed by atoms with Gasteiger partial charge in [-0.1, -0.05) is 11.6 Å². The number of ether oxygens (including phenoxy) is 1. The van der Waals surface area contributed by atoms with Crippen molar-refractivity contribution in [3.05, 3.63) is 59.3 Å². The molecule has 148 valence electrons. The summed E-state index contributed by atoms with van der Waals surface area (Å²) in [4.78, 5) is 15.8. The van der Waals surface area contributed by atoms with Crippen molar-refractivity contribution >= 4 is 30.0 Å². The van der Waals surface area contributed by atoms with Crippen molar-refractivity contribution in [3.63, 3.8) is 0 Å². The molecule has 2 heterocycles. The molecule has 1 aromatic carbocycles.